The lowest BCUT2D eigenvalue weighted by molar-refractivity contribution is -0.117. The quantitative estimate of drug-likeness (QED) is 0.783. The lowest BCUT2D eigenvalue weighted by atomic mass is 9.99. The van der Waals surface area contributed by atoms with Gasteiger partial charge in [0, 0.05) is 10.9 Å². The van der Waals surface area contributed by atoms with Gasteiger partial charge in [0.15, 0.2) is 0 Å². The monoisotopic (exact) mass is 386 g/mol. The molecule has 0 bridgehead atoms. The van der Waals surface area contributed by atoms with Crippen molar-refractivity contribution in [2.45, 2.75) is 26.7 Å². The molecule has 2 heterocycles. The minimum Gasteiger partial charge on any atom is -0.465 e. The lowest BCUT2D eigenvalue weighted by Crippen LogP contribution is -2.38. The molecular formula is C21H26N2O3S. The maximum Gasteiger partial charge on any atom is 0.341 e. The number of thiophene rings is 1. The Kier molecular flexibility index (Phi) is 6.29. The number of carbonyl (C=O) groups excluding carboxylic acids is 2. The number of ether oxygens (including phenoxy) is 1. The molecule has 6 heteroatoms. The Hall–Kier alpha value is -2.18. The summed E-state index contributed by atoms with van der Waals surface area (Å²) in [5.74, 6) is 0.200. The normalized spacial score (nSPS) is 15.5. The molecule has 1 aliphatic rings. The third kappa shape index (κ3) is 4.76. The molecule has 1 aromatic heterocycles. The van der Waals surface area contributed by atoms with Gasteiger partial charge in [0.1, 0.15) is 10.6 Å². The number of carbonyl (C=O) groups is 2. The summed E-state index contributed by atoms with van der Waals surface area (Å²) in [6.07, 6.45) is 2.24. The smallest absolute Gasteiger partial charge is 0.341 e. The number of rotatable bonds is 5. The largest absolute Gasteiger partial charge is 0.465 e. The number of hydrogen-bond acceptors (Lipinski definition) is 5. The molecule has 1 amide bonds. The van der Waals surface area contributed by atoms with Crippen molar-refractivity contribution in [3.05, 3.63) is 40.8 Å². The van der Waals surface area contributed by atoms with Crippen LogP contribution in [-0.2, 0) is 9.53 Å². The Morgan fingerprint density at radius 2 is 1.89 bits per heavy atom. The zero-order valence-electron chi connectivity index (χ0n) is 16.1. The van der Waals surface area contributed by atoms with Crippen molar-refractivity contribution < 1.29 is 14.3 Å². The summed E-state index contributed by atoms with van der Waals surface area (Å²) in [7, 11) is 1.36. The molecule has 0 aliphatic carbocycles. The van der Waals surface area contributed by atoms with Crippen LogP contribution in [0.5, 0.6) is 0 Å². The molecule has 5 nitrogen and oxygen atoms in total. The first-order chi connectivity index (χ1) is 13.0. The van der Waals surface area contributed by atoms with Crippen LogP contribution in [-0.4, -0.2) is 43.5 Å². The summed E-state index contributed by atoms with van der Waals surface area (Å²) >= 11 is 1.36. The number of nitrogens with zero attached hydrogens (tertiary/aromatic N) is 1. The lowest BCUT2D eigenvalue weighted by Gasteiger charge is -2.29. The van der Waals surface area contributed by atoms with Crippen LogP contribution in [0.15, 0.2) is 29.6 Å². The Morgan fingerprint density at radius 1 is 1.22 bits per heavy atom. The number of likely N-dealkylation sites (tertiary alicyclic amines) is 1. The third-order valence-corrected chi connectivity index (χ3v) is 5.93. The SMILES string of the molecule is COC(=O)c1c(-c2ccc(C)cc2)csc1NC(=O)CN1CCC(C)CC1. The van der Waals surface area contributed by atoms with Crippen LogP contribution in [0.1, 0.15) is 35.7 Å². The summed E-state index contributed by atoms with van der Waals surface area (Å²) in [6.45, 7) is 6.50. The van der Waals surface area contributed by atoms with Crippen molar-refractivity contribution in [3.63, 3.8) is 0 Å². The molecule has 1 aliphatic heterocycles. The molecule has 0 atom stereocenters. The number of nitrogens with one attached hydrogen (secondary N) is 1. The van der Waals surface area contributed by atoms with Gasteiger partial charge in [0.05, 0.1) is 13.7 Å². The minimum absolute atomic E-state index is 0.0907. The van der Waals surface area contributed by atoms with E-state index >= 15 is 0 Å². The minimum atomic E-state index is -0.436. The van der Waals surface area contributed by atoms with Crippen LogP contribution in [0.3, 0.4) is 0 Å². The highest BCUT2D eigenvalue weighted by molar-refractivity contribution is 7.15. The van der Waals surface area contributed by atoms with Crippen LogP contribution in [0, 0.1) is 12.8 Å². The first kappa shape index (κ1) is 19.6. The van der Waals surface area contributed by atoms with Gasteiger partial charge in [-0.3, -0.25) is 9.69 Å². The maximum atomic E-state index is 12.5. The van der Waals surface area contributed by atoms with Gasteiger partial charge < -0.3 is 10.1 Å². The van der Waals surface area contributed by atoms with Gasteiger partial charge in [0.25, 0.3) is 0 Å². The van der Waals surface area contributed by atoms with Crippen molar-refractivity contribution in [2.75, 3.05) is 32.1 Å². The van der Waals surface area contributed by atoms with E-state index < -0.39 is 5.97 Å². The fourth-order valence-corrected chi connectivity index (χ4v) is 4.26. The summed E-state index contributed by atoms with van der Waals surface area (Å²) in [6, 6.07) is 7.96. The summed E-state index contributed by atoms with van der Waals surface area (Å²) in [4.78, 5) is 27.1. The van der Waals surface area contributed by atoms with E-state index in [1.807, 2.05) is 36.6 Å². The fraction of sp³-hybridized carbons (Fsp3) is 0.429. The summed E-state index contributed by atoms with van der Waals surface area (Å²) in [5.41, 5.74) is 3.29. The molecule has 1 N–H and O–H groups in total. The van der Waals surface area contributed by atoms with Crippen LogP contribution >= 0.6 is 11.3 Å². The Bertz CT molecular complexity index is 805. The van der Waals surface area contributed by atoms with Crippen molar-refractivity contribution in [1.29, 1.82) is 0 Å². The standard InChI is InChI=1S/C21H26N2O3S/c1-14-4-6-16(7-5-14)17-13-27-20(19(17)21(25)26-3)22-18(24)12-23-10-8-15(2)9-11-23/h4-7,13,15H,8-12H2,1-3H3,(H,22,24). The number of amides is 1. The third-order valence-electron chi connectivity index (χ3n) is 5.04. The maximum absolute atomic E-state index is 12.5. The van der Waals surface area contributed by atoms with Gasteiger partial charge in [-0.05, 0) is 44.3 Å². The highest BCUT2D eigenvalue weighted by Gasteiger charge is 2.23. The average molecular weight is 387 g/mol. The Morgan fingerprint density at radius 3 is 2.52 bits per heavy atom. The average Bonchev–Trinajstić information content (AvgIpc) is 3.07. The van der Waals surface area contributed by atoms with Gasteiger partial charge in [0.2, 0.25) is 5.91 Å². The molecule has 0 spiro atoms. The number of methoxy groups -OCH3 is 1. The fourth-order valence-electron chi connectivity index (χ4n) is 3.29. The van der Waals surface area contributed by atoms with Gasteiger partial charge in [-0.2, -0.15) is 0 Å². The molecule has 144 valence electrons. The second-order valence-electron chi connectivity index (χ2n) is 7.22. The predicted molar refractivity (Wildman–Crippen MR) is 109 cm³/mol. The molecule has 0 radical (unpaired) electrons. The van der Waals surface area contributed by atoms with E-state index in [0.29, 0.717) is 17.1 Å². The van der Waals surface area contributed by atoms with E-state index in [0.717, 1.165) is 48.5 Å². The molecule has 0 unspecified atom stereocenters. The van der Waals surface area contributed by atoms with Crippen LogP contribution in [0.4, 0.5) is 5.00 Å². The Labute approximate surface area is 164 Å². The first-order valence-corrected chi connectivity index (χ1v) is 10.1. The van der Waals surface area contributed by atoms with Gasteiger partial charge in [-0.1, -0.05) is 36.8 Å². The molecule has 3 rings (SSSR count). The summed E-state index contributed by atoms with van der Waals surface area (Å²) < 4.78 is 4.97. The highest BCUT2D eigenvalue weighted by Crippen LogP contribution is 2.36. The van der Waals surface area contributed by atoms with Crippen molar-refractivity contribution in [2.24, 2.45) is 5.92 Å². The van der Waals surface area contributed by atoms with Gasteiger partial charge in [-0.25, -0.2) is 4.79 Å². The molecule has 0 saturated carbocycles. The first-order valence-electron chi connectivity index (χ1n) is 9.27. The van der Waals surface area contributed by atoms with E-state index in [4.69, 9.17) is 4.74 Å². The number of hydrogen-bond donors (Lipinski definition) is 1. The number of aryl methyl sites for hydroxylation is 1. The molecule has 27 heavy (non-hydrogen) atoms. The zero-order valence-corrected chi connectivity index (χ0v) is 16.9. The number of esters is 1. The Balaban J connectivity index is 1.77. The molecule has 1 saturated heterocycles. The van der Waals surface area contributed by atoms with E-state index in [2.05, 4.69) is 17.1 Å². The van der Waals surface area contributed by atoms with Crippen molar-refractivity contribution in [1.82, 2.24) is 4.90 Å². The molecular weight excluding hydrogens is 360 g/mol. The number of benzene rings is 1. The van der Waals surface area contributed by atoms with Crippen molar-refractivity contribution >= 4 is 28.2 Å². The molecule has 1 aromatic carbocycles. The zero-order chi connectivity index (χ0) is 19.4. The van der Waals surface area contributed by atoms with Crippen molar-refractivity contribution in [3.8, 4) is 11.1 Å². The second-order valence-corrected chi connectivity index (χ2v) is 8.10. The topological polar surface area (TPSA) is 58.6 Å². The second kappa shape index (κ2) is 8.67. The van der Waals surface area contributed by atoms with Gasteiger partial charge >= 0.3 is 5.97 Å². The van der Waals surface area contributed by atoms with E-state index in [1.54, 1.807) is 0 Å². The molecule has 2 aromatic rings. The van der Waals surface area contributed by atoms with E-state index in [1.165, 1.54) is 18.4 Å². The number of piperidine rings is 1. The van der Waals surface area contributed by atoms with Crippen LogP contribution in [0.2, 0.25) is 0 Å². The van der Waals surface area contributed by atoms with Gasteiger partial charge in [-0.15, -0.1) is 11.3 Å². The summed E-state index contributed by atoms with van der Waals surface area (Å²) in [5, 5.41) is 5.37. The number of anilines is 1. The van der Waals surface area contributed by atoms with E-state index in [9.17, 15) is 9.59 Å². The predicted octanol–water partition coefficient (Wildman–Crippen LogP) is 4.18. The van der Waals surface area contributed by atoms with E-state index in [-0.39, 0.29) is 5.91 Å². The van der Waals surface area contributed by atoms with Crippen LogP contribution < -0.4 is 5.32 Å². The molecule has 1 fully saturated rings. The highest BCUT2D eigenvalue weighted by atomic mass is 32.1. The van der Waals surface area contributed by atoms with Crippen LogP contribution in [0.25, 0.3) is 11.1 Å².